The third kappa shape index (κ3) is 3.09. The molecule has 0 aromatic carbocycles. The van der Waals surface area contributed by atoms with Crippen LogP contribution in [0.5, 0.6) is 0 Å². The lowest BCUT2D eigenvalue weighted by Crippen LogP contribution is -2.42. The third-order valence-electron chi connectivity index (χ3n) is 3.46. The minimum Gasteiger partial charge on any atom is -0.465 e. The van der Waals surface area contributed by atoms with Crippen molar-refractivity contribution < 1.29 is 19.7 Å². The van der Waals surface area contributed by atoms with E-state index in [0.717, 1.165) is 38.5 Å². The molecule has 0 aliphatic heterocycles. The van der Waals surface area contributed by atoms with Crippen molar-refractivity contribution in [3.63, 3.8) is 0 Å². The molecule has 5 heteroatoms. The number of aliphatic hydroxyl groups is 1. The highest BCUT2D eigenvalue weighted by Gasteiger charge is 2.32. The van der Waals surface area contributed by atoms with E-state index in [1.165, 1.54) is 0 Å². The van der Waals surface area contributed by atoms with Crippen molar-refractivity contribution >= 4 is 6.09 Å². The molecule has 16 heavy (non-hydrogen) atoms. The van der Waals surface area contributed by atoms with Crippen LogP contribution in [0.15, 0.2) is 0 Å². The molecular weight excluding hydrogens is 210 g/mol. The Morgan fingerprint density at radius 3 is 2.25 bits per heavy atom. The van der Waals surface area contributed by atoms with Crippen LogP contribution in [0.25, 0.3) is 0 Å². The van der Waals surface area contributed by atoms with E-state index >= 15 is 0 Å². The fourth-order valence-electron chi connectivity index (χ4n) is 2.44. The standard InChI is InChI=1S/C11H19NO4/c13-8-5-10(6-8)16-9-3-1-7(2-4-9)12-11(14)15/h7-10,12-13H,1-6H2,(H,14,15). The molecule has 0 heterocycles. The molecule has 92 valence electrons. The first-order valence-electron chi connectivity index (χ1n) is 5.96. The second kappa shape index (κ2) is 5.01. The summed E-state index contributed by atoms with van der Waals surface area (Å²) in [6, 6.07) is 0.0873. The lowest BCUT2D eigenvalue weighted by atomic mass is 9.89. The van der Waals surface area contributed by atoms with Gasteiger partial charge in [0.1, 0.15) is 0 Å². The van der Waals surface area contributed by atoms with Crippen molar-refractivity contribution in [2.45, 2.75) is 62.9 Å². The molecule has 0 aromatic rings. The number of hydrogen-bond donors (Lipinski definition) is 3. The molecule has 1 amide bonds. The summed E-state index contributed by atoms with van der Waals surface area (Å²) < 4.78 is 5.82. The summed E-state index contributed by atoms with van der Waals surface area (Å²) in [7, 11) is 0. The Morgan fingerprint density at radius 2 is 1.75 bits per heavy atom. The van der Waals surface area contributed by atoms with Crippen LogP contribution < -0.4 is 5.32 Å². The van der Waals surface area contributed by atoms with Gasteiger partial charge >= 0.3 is 6.09 Å². The normalized spacial score (nSPS) is 38.8. The van der Waals surface area contributed by atoms with Gasteiger partial charge in [0, 0.05) is 6.04 Å². The van der Waals surface area contributed by atoms with Gasteiger partial charge in [-0.25, -0.2) is 4.79 Å². The summed E-state index contributed by atoms with van der Waals surface area (Å²) in [4.78, 5) is 10.4. The van der Waals surface area contributed by atoms with Gasteiger partial charge in [0.25, 0.3) is 0 Å². The van der Waals surface area contributed by atoms with Crippen molar-refractivity contribution in [3.8, 4) is 0 Å². The molecule has 2 rings (SSSR count). The molecule has 0 saturated heterocycles. The Bertz CT molecular complexity index is 244. The number of carboxylic acid groups (broad SMARTS) is 1. The number of rotatable bonds is 3. The van der Waals surface area contributed by atoms with Gasteiger partial charge in [-0.1, -0.05) is 0 Å². The van der Waals surface area contributed by atoms with Crippen LogP contribution in [0.3, 0.4) is 0 Å². The summed E-state index contributed by atoms with van der Waals surface area (Å²) in [5, 5.41) is 20.2. The van der Waals surface area contributed by atoms with Crippen molar-refractivity contribution in [2.24, 2.45) is 0 Å². The van der Waals surface area contributed by atoms with Crippen LogP contribution in [0, 0.1) is 0 Å². The zero-order valence-corrected chi connectivity index (χ0v) is 9.26. The summed E-state index contributed by atoms with van der Waals surface area (Å²) in [5.74, 6) is 0. The number of hydrogen-bond acceptors (Lipinski definition) is 3. The Balaban J connectivity index is 1.63. The van der Waals surface area contributed by atoms with Crippen LogP contribution >= 0.6 is 0 Å². The summed E-state index contributed by atoms with van der Waals surface area (Å²) in [5.41, 5.74) is 0. The van der Waals surface area contributed by atoms with Crippen LogP contribution in [0.4, 0.5) is 4.79 Å². The first kappa shape index (κ1) is 11.7. The molecule has 3 N–H and O–H groups in total. The van der Waals surface area contributed by atoms with E-state index < -0.39 is 6.09 Å². The summed E-state index contributed by atoms with van der Waals surface area (Å²) >= 11 is 0. The van der Waals surface area contributed by atoms with Crippen LogP contribution in [-0.4, -0.2) is 40.7 Å². The molecule has 0 atom stereocenters. The Labute approximate surface area is 94.8 Å². The van der Waals surface area contributed by atoms with E-state index in [9.17, 15) is 4.79 Å². The first-order chi connectivity index (χ1) is 7.63. The topological polar surface area (TPSA) is 78.8 Å². The number of amides is 1. The van der Waals surface area contributed by atoms with E-state index in [4.69, 9.17) is 14.9 Å². The molecule has 0 aromatic heterocycles. The highest BCUT2D eigenvalue weighted by Crippen LogP contribution is 2.29. The molecule has 0 spiro atoms. The predicted octanol–water partition coefficient (Wildman–Crippen LogP) is 1.11. The monoisotopic (exact) mass is 229 g/mol. The van der Waals surface area contributed by atoms with Crippen molar-refractivity contribution in [3.05, 3.63) is 0 Å². The lowest BCUT2D eigenvalue weighted by molar-refractivity contribution is -0.113. The zero-order valence-electron chi connectivity index (χ0n) is 9.26. The number of carbonyl (C=O) groups is 1. The van der Waals surface area contributed by atoms with E-state index in [1.54, 1.807) is 0 Å². The molecule has 2 aliphatic carbocycles. The van der Waals surface area contributed by atoms with E-state index in [2.05, 4.69) is 5.32 Å². The van der Waals surface area contributed by atoms with Gasteiger partial charge in [-0.2, -0.15) is 0 Å². The summed E-state index contributed by atoms with van der Waals surface area (Å²) in [6.45, 7) is 0. The molecule has 5 nitrogen and oxygen atoms in total. The second-order valence-electron chi connectivity index (χ2n) is 4.81. The predicted molar refractivity (Wildman–Crippen MR) is 57.3 cm³/mol. The molecule has 0 unspecified atom stereocenters. The number of ether oxygens (including phenoxy) is 1. The van der Waals surface area contributed by atoms with Gasteiger partial charge in [0.2, 0.25) is 0 Å². The third-order valence-corrected chi connectivity index (χ3v) is 3.46. The van der Waals surface area contributed by atoms with Crippen LogP contribution in [-0.2, 0) is 4.74 Å². The zero-order chi connectivity index (χ0) is 11.5. The minimum atomic E-state index is -0.938. The average molecular weight is 229 g/mol. The number of nitrogens with one attached hydrogen (secondary N) is 1. The molecule has 2 aliphatic rings. The van der Waals surface area contributed by atoms with Gasteiger partial charge in [0.05, 0.1) is 18.3 Å². The Hall–Kier alpha value is -0.810. The minimum absolute atomic E-state index is 0.0873. The van der Waals surface area contributed by atoms with E-state index in [-0.39, 0.29) is 24.4 Å². The molecule has 2 saturated carbocycles. The maximum atomic E-state index is 10.4. The van der Waals surface area contributed by atoms with Gasteiger partial charge in [0.15, 0.2) is 0 Å². The molecule has 0 bridgehead atoms. The molecular formula is C11H19NO4. The maximum absolute atomic E-state index is 10.4. The van der Waals surface area contributed by atoms with E-state index in [0.29, 0.717) is 0 Å². The van der Waals surface area contributed by atoms with Gasteiger partial charge in [-0.3, -0.25) is 0 Å². The van der Waals surface area contributed by atoms with Crippen LogP contribution in [0.2, 0.25) is 0 Å². The second-order valence-corrected chi connectivity index (χ2v) is 4.81. The Morgan fingerprint density at radius 1 is 1.12 bits per heavy atom. The van der Waals surface area contributed by atoms with Crippen molar-refractivity contribution in [1.82, 2.24) is 5.32 Å². The first-order valence-corrected chi connectivity index (χ1v) is 5.96. The van der Waals surface area contributed by atoms with Gasteiger partial charge in [-0.05, 0) is 38.5 Å². The van der Waals surface area contributed by atoms with E-state index in [1.807, 2.05) is 0 Å². The highest BCUT2D eigenvalue weighted by molar-refractivity contribution is 5.64. The fourth-order valence-corrected chi connectivity index (χ4v) is 2.44. The van der Waals surface area contributed by atoms with Crippen molar-refractivity contribution in [1.29, 1.82) is 0 Å². The van der Waals surface area contributed by atoms with Crippen molar-refractivity contribution in [2.75, 3.05) is 0 Å². The smallest absolute Gasteiger partial charge is 0.404 e. The SMILES string of the molecule is O=C(O)NC1CCC(OC2CC(O)C2)CC1. The van der Waals surface area contributed by atoms with Crippen LogP contribution in [0.1, 0.15) is 38.5 Å². The largest absolute Gasteiger partial charge is 0.465 e. The van der Waals surface area contributed by atoms with Gasteiger partial charge in [-0.15, -0.1) is 0 Å². The Kier molecular flexibility index (Phi) is 3.66. The summed E-state index contributed by atoms with van der Waals surface area (Å²) in [6.07, 6.45) is 4.42. The van der Waals surface area contributed by atoms with Gasteiger partial charge < -0.3 is 20.3 Å². The quantitative estimate of drug-likeness (QED) is 0.677. The lowest BCUT2D eigenvalue weighted by Gasteiger charge is -2.37. The highest BCUT2D eigenvalue weighted by atomic mass is 16.5. The maximum Gasteiger partial charge on any atom is 0.404 e. The fraction of sp³-hybridized carbons (Fsp3) is 0.909. The average Bonchev–Trinajstić information content (AvgIpc) is 2.18. The number of aliphatic hydroxyl groups excluding tert-OH is 1. The molecule has 2 fully saturated rings. The molecule has 0 radical (unpaired) electrons.